The van der Waals surface area contributed by atoms with Crippen LogP contribution in [0.25, 0.3) is 0 Å². The molecule has 90 valence electrons. The Morgan fingerprint density at radius 2 is 2.12 bits per heavy atom. The molecule has 0 saturated carbocycles. The number of rotatable bonds is 6. The Labute approximate surface area is 97.0 Å². The molecule has 0 radical (unpaired) electrons. The monoisotopic (exact) mass is 224 g/mol. The minimum absolute atomic E-state index is 0.00795. The van der Waals surface area contributed by atoms with Crippen molar-refractivity contribution in [2.24, 2.45) is 0 Å². The van der Waals surface area contributed by atoms with Gasteiger partial charge in [-0.3, -0.25) is 0 Å². The maximum absolute atomic E-state index is 9.23. The van der Waals surface area contributed by atoms with E-state index >= 15 is 0 Å². The average molecular weight is 224 g/mol. The molecule has 0 spiro atoms. The van der Waals surface area contributed by atoms with Crippen molar-refractivity contribution in [2.75, 3.05) is 13.7 Å². The first-order valence-corrected chi connectivity index (χ1v) is 5.53. The minimum atomic E-state index is 0.00795. The van der Waals surface area contributed by atoms with Gasteiger partial charge >= 0.3 is 0 Å². The summed E-state index contributed by atoms with van der Waals surface area (Å²) in [7, 11) is 1.68. The molecule has 0 heterocycles. The molecule has 1 N–H and O–H groups in total. The van der Waals surface area contributed by atoms with Crippen LogP contribution >= 0.6 is 0 Å². The fraction of sp³-hybridized carbons (Fsp3) is 0.538. The first-order chi connectivity index (χ1) is 7.67. The van der Waals surface area contributed by atoms with Crippen LogP contribution in [-0.4, -0.2) is 24.9 Å². The fourth-order valence-electron chi connectivity index (χ4n) is 1.51. The Bertz CT molecular complexity index is 323. The standard InChI is InChI=1S/C13H20O3/c1-10-4-5-13(12(8-10)9-14)16-11(2)6-7-15-3/h4-5,8,11,14H,6-7,9H2,1-3H3. The van der Waals surface area contributed by atoms with Crippen molar-refractivity contribution in [3.05, 3.63) is 29.3 Å². The Hall–Kier alpha value is -1.06. The first kappa shape index (κ1) is 13.0. The number of methoxy groups -OCH3 is 1. The SMILES string of the molecule is COCCC(C)Oc1ccc(C)cc1CO. The lowest BCUT2D eigenvalue weighted by Crippen LogP contribution is -2.15. The highest BCUT2D eigenvalue weighted by Gasteiger charge is 2.08. The molecule has 0 fully saturated rings. The van der Waals surface area contributed by atoms with Crippen molar-refractivity contribution in [1.82, 2.24) is 0 Å². The van der Waals surface area contributed by atoms with Crippen LogP contribution in [0.1, 0.15) is 24.5 Å². The predicted molar refractivity (Wildman–Crippen MR) is 63.7 cm³/mol. The van der Waals surface area contributed by atoms with E-state index in [-0.39, 0.29) is 12.7 Å². The van der Waals surface area contributed by atoms with Crippen molar-refractivity contribution in [2.45, 2.75) is 33.0 Å². The molecule has 0 aliphatic carbocycles. The fourth-order valence-corrected chi connectivity index (χ4v) is 1.51. The number of aryl methyl sites for hydroxylation is 1. The number of benzene rings is 1. The molecular weight excluding hydrogens is 204 g/mol. The van der Waals surface area contributed by atoms with Gasteiger partial charge in [0.2, 0.25) is 0 Å². The molecule has 3 nitrogen and oxygen atoms in total. The van der Waals surface area contributed by atoms with Gasteiger partial charge < -0.3 is 14.6 Å². The van der Waals surface area contributed by atoms with E-state index in [0.717, 1.165) is 23.3 Å². The zero-order chi connectivity index (χ0) is 12.0. The maximum Gasteiger partial charge on any atom is 0.125 e. The second-order valence-electron chi connectivity index (χ2n) is 3.98. The zero-order valence-electron chi connectivity index (χ0n) is 10.2. The molecule has 1 atom stereocenters. The summed E-state index contributed by atoms with van der Waals surface area (Å²) in [6.07, 6.45) is 0.933. The normalized spacial score (nSPS) is 12.5. The maximum atomic E-state index is 9.23. The summed E-state index contributed by atoms with van der Waals surface area (Å²) < 4.78 is 10.7. The van der Waals surface area contributed by atoms with E-state index in [1.807, 2.05) is 32.0 Å². The van der Waals surface area contributed by atoms with Gasteiger partial charge in [-0.15, -0.1) is 0 Å². The number of hydrogen-bond acceptors (Lipinski definition) is 3. The minimum Gasteiger partial charge on any atom is -0.490 e. The number of aliphatic hydroxyl groups excluding tert-OH is 1. The molecule has 0 bridgehead atoms. The zero-order valence-corrected chi connectivity index (χ0v) is 10.2. The smallest absolute Gasteiger partial charge is 0.125 e. The van der Waals surface area contributed by atoms with Crippen LogP contribution in [0.3, 0.4) is 0 Å². The molecule has 1 unspecified atom stereocenters. The van der Waals surface area contributed by atoms with Crippen molar-refractivity contribution in [1.29, 1.82) is 0 Å². The van der Waals surface area contributed by atoms with Crippen molar-refractivity contribution < 1.29 is 14.6 Å². The molecule has 1 rings (SSSR count). The summed E-state index contributed by atoms with van der Waals surface area (Å²) in [6, 6.07) is 5.83. The van der Waals surface area contributed by atoms with Gasteiger partial charge in [0, 0.05) is 25.7 Å². The molecule has 1 aromatic carbocycles. The predicted octanol–water partition coefficient (Wildman–Crippen LogP) is 2.29. The Morgan fingerprint density at radius 3 is 2.75 bits per heavy atom. The highest BCUT2D eigenvalue weighted by Crippen LogP contribution is 2.21. The van der Waals surface area contributed by atoms with Gasteiger partial charge in [0.15, 0.2) is 0 Å². The molecule has 0 saturated heterocycles. The van der Waals surface area contributed by atoms with Gasteiger partial charge in [-0.25, -0.2) is 0 Å². The lowest BCUT2D eigenvalue weighted by molar-refractivity contribution is 0.133. The summed E-state index contributed by atoms with van der Waals surface area (Å²) >= 11 is 0. The highest BCUT2D eigenvalue weighted by atomic mass is 16.5. The Balaban J connectivity index is 2.65. The van der Waals surface area contributed by atoms with Crippen LogP contribution < -0.4 is 4.74 Å². The lowest BCUT2D eigenvalue weighted by atomic mass is 10.1. The molecule has 0 amide bonds. The van der Waals surface area contributed by atoms with E-state index in [1.54, 1.807) is 7.11 Å². The van der Waals surface area contributed by atoms with Crippen molar-refractivity contribution >= 4 is 0 Å². The van der Waals surface area contributed by atoms with Crippen LogP contribution in [-0.2, 0) is 11.3 Å². The molecule has 16 heavy (non-hydrogen) atoms. The lowest BCUT2D eigenvalue weighted by Gasteiger charge is -2.16. The van der Waals surface area contributed by atoms with Crippen LogP contribution in [0.2, 0.25) is 0 Å². The quantitative estimate of drug-likeness (QED) is 0.805. The van der Waals surface area contributed by atoms with Gasteiger partial charge in [-0.2, -0.15) is 0 Å². The van der Waals surface area contributed by atoms with E-state index in [1.165, 1.54) is 0 Å². The second kappa shape index (κ2) is 6.51. The summed E-state index contributed by atoms with van der Waals surface area (Å²) in [4.78, 5) is 0. The third kappa shape index (κ3) is 3.83. The van der Waals surface area contributed by atoms with Gasteiger partial charge in [0.05, 0.1) is 12.7 Å². The number of hydrogen-bond donors (Lipinski definition) is 1. The van der Waals surface area contributed by atoms with Gasteiger partial charge in [0.1, 0.15) is 5.75 Å². The third-order valence-corrected chi connectivity index (χ3v) is 2.44. The van der Waals surface area contributed by atoms with E-state index in [9.17, 15) is 5.11 Å². The topological polar surface area (TPSA) is 38.7 Å². The number of aliphatic hydroxyl groups is 1. The molecule has 3 heteroatoms. The van der Waals surface area contributed by atoms with Crippen molar-refractivity contribution in [3.63, 3.8) is 0 Å². The van der Waals surface area contributed by atoms with Crippen LogP contribution in [0, 0.1) is 6.92 Å². The molecular formula is C13H20O3. The summed E-state index contributed by atoms with van der Waals surface area (Å²) in [5.74, 6) is 0.761. The van der Waals surface area contributed by atoms with Crippen molar-refractivity contribution in [3.8, 4) is 5.75 Å². The van der Waals surface area contributed by atoms with Gasteiger partial charge in [-0.1, -0.05) is 17.7 Å². The summed E-state index contributed by atoms with van der Waals surface area (Å²) in [6.45, 7) is 4.69. The van der Waals surface area contributed by atoms with Gasteiger partial charge in [0.25, 0.3) is 0 Å². The van der Waals surface area contributed by atoms with Gasteiger partial charge in [-0.05, 0) is 19.9 Å². The third-order valence-electron chi connectivity index (χ3n) is 2.44. The largest absolute Gasteiger partial charge is 0.490 e. The van der Waals surface area contributed by atoms with Crippen LogP contribution in [0.4, 0.5) is 0 Å². The first-order valence-electron chi connectivity index (χ1n) is 5.53. The molecule has 0 aliphatic rings. The van der Waals surface area contributed by atoms with E-state index in [0.29, 0.717) is 6.61 Å². The summed E-state index contributed by atoms with van der Waals surface area (Å²) in [5, 5.41) is 9.23. The Kier molecular flexibility index (Phi) is 5.29. The van der Waals surface area contributed by atoms with E-state index in [2.05, 4.69) is 0 Å². The second-order valence-corrected chi connectivity index (χ2v) is 3.98. The summed E-state index contributed by atoms with van der Waals surface area (Å²) in [5.41, 5.74) is 1.96. The molecule has 1 aromatic rings. The molecule has 0 aliphatic heterocycles. The van der Waals surface area contributed by atoms with E-state index in [4.69, 9.17) is 9.47 Å². The highest BCUT2D eigenvalue weighted by molar-refractivity contribution is 5.36. The van der Waals surface area contributed by atoms with Crippen LogP contribution in [0.5, 0.6) is 5.75 Å². The average Bonchev–Trinajstić information content (AvgIpc) is 2.28. The Morgan fingerprint density at radius 1 is 1.38 bits per heavy atom. The number of ether oxygens (including phenoxy) is 2. The van der Waals surface area contributed by atoms with Crippen LogP contribution in [0.15, 0.2) is 18.2 Å². The van der Waals surface area contributed by atoms with E-state index < -0.39 is 0 Å². The molecule has 0 aromatic heterocycles.